The fourth-order valence-electron chi connectivity index (χ4n) is 3.89. The Morgan fingerprint density at radius 1 is 1.20 bits per heavy atom. The van der Waals surface area contributed by atoms with Crippen LogP contribution >= 0.6 is 0 Å². The molecule has 1 saturated heterocycles. The zero-order valence-electron chi connectivity index (χ0n) is 12.8. The number of likely N-dealkylation sites (tertiary alicyclic amines) is 1. The van der Waals surface area contributed by atoms with Gasteiger partial charge < -0.3 is 10.6 Å². The van der Waals surface area contributed by atoms with E-state index in [4.69, 9.17) is 5.73 Å². The number of aryl methyl sites for hydroxylation is 1. The molecule has 1 aromatic carbocycles. The normalized spacial score (nSPS) is 31.3. The van der Waals surface area contributed by atoms with Crippen LogP contribution in [0.5, 0.6) is 0 Å². The van der Waals surface area contributed by atoms with Crippen molar-refractivity contribution in [1.29, 1.82) is 0 Å². The molecule has 0 bridgehead atoms. The van der Waals surface area contributed by atoms with Gasteiger partial charge in [0, 0.05) is 24.7 Å². The lowest BCUT2D eigenvalue weighted by Gasteiger charge is -2.44. The fourth-order valence-corrected chi connectivity index (χ4v) is 3.89. The summed E-state index contributed by atoms with van der Waals surface area (Å²) < 4.78 is 0. The van der Waals surface area contributed by atoms with Gasteiger partial charge in [-0.25, -0.2) is 0 Å². The Balaban J connectivity index is 1.75. The van der Waals surface area contributed by atoms with Crippen LogP contribution in [0.1, 0.15) is 36.4 Å². The zero-order valence-corrected chi connectivity index (χ0v) is 12.8. The topological polar surface area (TPSA) is 32.5 Å². The van der Waals surface area contributed by atoms with Crippen molar-refractivity contribution in [3.8, 4) is 0 Å². The number of benzene rings is 1. The van der Waals surface area contributed by atoms with Crippen LogP contribution in [-0.4, -0.2) is 49.1 Å². The number of piperidine rings is 1. The molecule has 1 heterocycles. The van der Waals surface area contributed by atoms with Gasteiger partial charge in [0.05, 0.1) is 0 Å². The summed E-state index contributed by atoms with van der Waals surface area (Å²) in [5, 5.41) is 0. The van der Waals surface area contributed by atoms with E-state index in [-0.39, 0.29) is 6.04 Å². The highest BCUT2D eigenvalue weighted by Gasteiger charge is 2.33. The maximum atomic E-state index is 6.59. The molecule has 110 valence electrons. The van der Waals surface area contributed by atoms with Crippen LogP contribution in [0.25, 0.3) is 0 Å². The lowest BCUT2D eigenvalue weighted by molar-refractivity contribution is 0.0769. The molecular weight excluding hydrogens is 246 g/mol. The van der Waals surface area contributed by atoms with Crippen molar-refractivity contribution < 1.29 is 0 Å². The van der Waals surface area contributed by atoms with Gasteiger partial charge in [-0.15, -0.1) is 0 Å². The van der Waals surface area contributed by atoms with E-state index >= 15 is 0 Å². The Bertz CT molecular complexity index is 457. The van der Waals surface area contributed by atoms with Gasteiger partial charge in [-0.3, -0.25) is 4.90 Å². The lowest BCUT2D eigenvalue weighted by atomic mass is 9.83. The molecule has 0 saturated carbocycles. The molecule has 3 rings (SSSR count). The van der Waals surface area contributed by atoms with Crippen LogP contribution in [0.2, 0.25) is 0 Å². The minimum Gasteiger partial charge on any atom is -0.323 e. The smallest absolute Gasteiger partial charge is 0.0455 e. The molecular formula is C17H27N3. The van der Waals surface area contributed by atoms with Crippen LogP contribution in [0.15, 0.2) is 24.3 Å². The molecule has 3 nitrogen and oxygen atoms in total. The number of likely N-dealkylation sites (N-methyl/N-ethyl adjacent to an activating group) is 1. The Morgan fingerprint density at radius 2 is 2.00 bits per heavy atom. The van der Waals surface area contributed by atoms with Crippen molar-refractivity contribution in [1.82, 2.24) is 9.80 Å². The van der Waals surface area contributed by atoms with E-state index < -0.39 is 0 Å². The van der Waals surface area contributed by atoms with Crippen molar-refractivity contribution in [3.05, 3.63) is 35.4 Å². The average molecular weight is 273 g/mol. The van der Waals surface area contributed by atoms with Crippen molar-refractivity contribution >= 4 is 0 Å². The van der Waals surface area contributed by atoms with Gasteiger partial charge in [0.15, 0.2) is 0 Å². The first-order valence-electron chi connectivity index (χ1n) is 7.90. The number of hydrogen-bond donors (Lipinski definition) is 1. The van der Waals surface area contributed by atoms with E-state index in [1.54, 1.807) is 0 Å². The summed E-state index contributed by atoms with van der Waals surface area (Å²) in [6.45, 7) is 2.39. The van der Waals surface area contributed by atoms with Gasteiger partial charge in [0.1, 0.15) is 0 Å². The highest BCUT2D eigenvalue weighted by Crippen LogP contribution is 2.32. The standard InChI is InChI=1S/C17H27N3/c1-19(2)14-7-5-11-20(12-14)16-10-9-13-6-3-4-8-15(13)17(16)18/h3-4,6,8,14,16-17H,5,7,9-12,18H2,1-2H3. The summed E-state index contributed by atoms with van der Waals surface area (Å²) >= 11 is 0. The summed E-state index contributed by atoms with van der Waals surface area (Å²) in [5.41, 5.74) is 9.41. The molecule has 1 fully saturated rings. The summed E-state index contributed by atoms with van der Waals surface area (Å²) in [7, 11) is 4.40. The zero-order chi connectivity index (χ0) is 14.1. The molecule has 1 aliphatic heterocycles. The molecule has 2 aliphatic rings. The van der Waals surface area contributed by atoms with Gasteiger partial charge in [0.25, 0.3) is 0 Å². The minimum absolute atomic E-state index is 0.181. The monoisotopic (exact) mass is 273 g/mol. The quantitative estimate of drug-likeness (QED) is 0.895. The number of hydrogen-bond acceptors (Lipinski definition) is 3. The summed E-state index contributed by atoms with van der Waals surface area (Å²) in [5.74, 6) is 0. The number of fused-ring (bicyclic) bond motifs is 1. The van der Waals surface area contributed by atoms with Crippen LogP contribution in [0.4, 0.5) is 0 Å². The number of rotatable bonds is 2. The Morgan fingerprint density at radius 3 is 2.80 bits per heavy atom. The number of nitrogens with zero attached hydrogens (tertiary/aromatic N) is 2. The molecule has 1 aliphatic carbocycles. The van der Waals surface area contributed by atoms with E-state index in [1.165, 1.54) is 49.9 Å². The average Bonchev–Trinajstić information content (AvgIpc) is 2.48. The second-order valence-electron chi connectivity index (χ2n) is 6.59. The van der Waals surface area contributed by atoms with Gasteiger partial charge in [-0.1, -0.05) is 24.3 Å². The SMILES string of the molecule is CN(C)C1CCCN(C2CCc3ccccc3C2N)C1. The van der Waals surface area contributed by atoms with Crippen LogP contribution in [-0.2, 0) is 6.42 Å². The molecule has 2 N–H and O–H groups in total. The third kappa shape index (κ3) is 2.62. The van der Waals surface area contributed by atoms with E-state index in [1.807, 2.05) is 0 Å². The molecule has 3 unspecified atom stereocenters. The highest BCUT2D eigenvalue weighted by atomic mass is 15.2. The Labute approximate surface area is 122 Å². The van der Waals surface area contributed by atoms with Crippen molar-refractivity contribution in [3.63, 3.8) is 0 Å². The Hall–Kier alpha value is -0.900. The van der Waals surface area contributed by atoms with E-state index in [0.29, 0.717) is 12.1 Å². The molecule has 20 heavy (non-hydrogen) atoms. The Kier molecular flexibility index (Phi) is 4.11. The molecule has 0 aromatic heterocycles. The van der Waals surface area contributed by atoms with Crippen molar-refractivity contribution in [2.75, 3.05) is 27.2 Å². The largest absolute Gasteiger partial charge is 0.323 e. The second kappa shape index (κ2) is 5.84. The first-order chi connectivity index (χ1) is 9.66. The molecule has 0 radical (unpaired) electrons. The van der Waals surface area contributed by atoms with Crippen molar-refractivity contribution in [2.45, 2.75) is 43.8 Å². The highest BCUT2D eigenvalue weighted by molar-refractivity contribution is 5.33. The second-order valence-corrected chi connectivity index (χ2v) is 6.59. The van der Waals surface area contributed by atoms with E-state index in [9.17, 15) is 0 Å². The number of nitrogens with two attached hydrogens (primary N) is 1. The molecule has 1 aromatic rings. The first kappa shape index (κ1) is 14.1. The van der Waals surface area contributed by atoms with Gasteiger partial charge in [-0.05, 0) is 57.5 Å². The predicted octanol–water partition coefficient (Wildman–Crippen LogP) is 2.03. The minimum atomic E-state index is 0.181. The molecule has 3 atom stereocenters. The summed E-state index contributed by atoms with van der Waals surface area (Å²) in [4.78, 5) is 5.02. The van der Waals surface area contributed by atoms with Gasteiger partial charge in [-0.2, -0.15) is 0 Å². The van der Waals surface area contributed by atoms with Gasteiger partial charge in [0.2, 0.25) is 0 Å². The van der Waals surface area contributed by atoms with E-state index in [2.05, 4.69) is 48.2 Å². The third-order valence-electron chi connectivity index (χ3n) is 5.17. The molecule has 0 spiro atoms. The maximum Gasteiger partial charge on any atom is 0.0455 e. The van der Waals surface area contributed by atoms with Crippen molar-refractivity contribution in [2.24, 2.45) is 5.73 Å². The van der Waals surface area contributed by atoms with Gasteiger partial charge >= 0.3 is 0 Å². The molecule has 0 amide bonds. The van der Waals surface area contributed by atoms with Crippen LogP contribution in [0, 0.1) is 0 Å². The maximum absolute atomic E-state index is 6.59. The summed E-state index contributed by atoms with van der Waals surface area (Å²) in [6, 6.07) is 10.1. The van der Waals surface area contributed by atoms with Crippen LogP contribution < -0.4 is 5.73 Å². The first-order valence-corrected chi connectivity index (χ1v) is 7.90. The van der Waals surface area contributed by atoms with E-state index in [0.717, 1.165) is 0 Å². The predicted molar refractivity (Wildman–Crippen MR) is 83.8 cm³/mol. The third-order valence-corrected chi connectivity index (χ3v) is 5.17. The fraction of sp³-hybridized carbons (Fsp3) is 0.647. The lowest BCUT2D eigenvalue weighted by Crippen LogP contribution is -2.53. The summed E-state index contributed by atoms with van der Waals surface area (Å²) in [6.07, 6.45) is 5.01. The molecule has 3 heteroatoms. The van der Waals surface area contributed by atoms with Crippen LogP contribution in [0.3, 0.4) is 0 Å².